The zero-order chi connectivity index (χ0) is 17.2. The van der Waals surface area contributed by atoms with Crippen LogP contribution in [0, 0.1) is 0 Å². The van der Waals surface area contributed by atoms with Gasteiger partial charge in [0.15, 0.2) is 0 Å². The van der Waals surface area contributed by atoms with Crippen LogP contribution in [0.15, 0.2) is 40.6 Å². The summed E-state index contributed by atoms with van der Waals surface area (Å²) in [5.41, 5.74) is 1.42. The van der Waals surface area contributed by atoms with Crippen LogP contribution in [0.2, 0.25) is 0 Å². The number of hydrogen-bond donors (Lipinski definition) is 1. The number of nitrogens with zero attached hydrogens (tertiary/aromatic N) is 2. The first-order valence-electron chi connectivity index (χ1n) is 8.73. The standard InChI is InChI=1S/C19H25N3O2/c1-14-7-6-12-22-17(14)21-16(23)13-19(22,2)18(24)20-11-10-15-8-4-3-5-9-15/h6-8,12H,3-5,9-11,13H2,1-2H3,(H,20,24). The smallest absolute Gasteiger partial charge is 0.250 e. The third-order valence-electron chi connectivity index (χ3n) is 5.03. The Morgan fingerprint density at radius 2 is 2.25 bits per heavy atom. The zero-order valence-corrected chi connectivity index (χ0v) is 14.5. The maximum atomic E-state index is 12.8. The van der Waals surface area contributed by atoms with E-state index < -0.39 is 5.54 Å². The molecule has 5 heteroatoms. The normalized spacial score (nSPS) is 26.3. The topological polar surface area (TPSA) is 61.8 Å². The van der Waals surface area contributed by atoms with Crippen molar-refractivity contribution in [1.82, 2.24) is 10.2 Å². The molecule has 0 aromatic rings. The number of amides is 2. The molecule has 0 spiro atoms. The van der Waals surface area contributed by atoms with Gasteiger partial charge in [-0.2, -0.15) is 4.99 Å². The fraction of sp³-hybridized carbons (Fsp3) is 0.526. The summed E-state index contributed by atoms with van der Waals surface area (Å²) in [4.78, 5) is 30.8. The third-order valence-corrected chi connectivity index (χ3v) is 5.03. The van der Waals surface area contributed by atoms with E-state index >= 15 is 0 Å². The first-order chi connectivity index (χ1) is 11.5. The van der Waals surface area contributed by atoms with Gasteiger partial charge in [0.05, 0.1) is 6.42 Å². The second-order valence-electron chi connectivity index (χ2n) is 6.96. The van der Waals surface area contributed by atoms with Gasteiger partial charge in [0.1, 0.15) is 11.4 Å². The van der Waals surface area contributed by atoms with Crippen molar-refractivity contribution in [3.8, 4) is 0 Å². The van der Waals surface area contributed by atoms with Gasteiger partial charge < -0.3 is 10.2 Å². The molecule has 0 fully saturated rings. The van der Waals surface area contributed by atoms with Gasteiger partial charge in [-0.15, -0.1) is 0 Å². The number of aliphatic imine (C=N–C) groups is 1. The number of amidine groups is 1. The van der Waals surface area contributed by atoms with E-state index in [-0.39, 0.29) is 18.2 Å². The SMILES string of the molecule is CC1=CC=CN2C1=NC(=O)CC2(C)C(=O)NCCC1=CCCCC1. The quantitative estimate of drug-likeness (QED) is 0.808. The van der Waals surface area contributed by atoms with Gasteiger partial charge >= 0.3 is 0 Å². The predicted molar refractivity (Wildman–Crippen MR) is 94.4 cm³/mol. The van der Waals surface area contributed by atoms with Crippen LogP contribution in [-0.2, 0) is 9.59 Å². The summed E-state index contributed by atoms with van der Waals surface area (Å²) in [5, 5.41) is 3.03. The van der Waals surface area contributed by atoms with E-state index in [1.807, 2.05) is 37.1 Å². The monoisotopic (exact) mass is 327 g/mol. The largest absolute Gasteiger partial charge is 0.354 e. The molecule has 1 unspecified atom stereocenters. The number of fused-ring (bicyclic) bond motifs is 1. The summed E-state index contributed by atoms with van der Waals surface area (Å²) < 4.78 is 0. The summed E-state index contributed by atoms with van der Waals surface area (Å²) >= 11 is 0. The molecular weight excluding hydrogens is 302 g/mol. The molecule has 5 nitrogen and oxygen atoms in total. The van der Waals surface area contributed by atoms with E-state index in [0.717, 1.165) is 24.8 Å². The van der Waals surface area contributed by atoms with Crippen LogP contribution < -0.4 is 5.32 Å². The van der Waals surface area contributed by atoms with Gasteiger partial charge in [-0.1, -0.05) is 17.7 Å². The van der Waals surface area contributed by atoms with Gasteiger partial charge in [0.2, 0.25) is 5.91 Å². The van der Waals surface area contributed by atoms with Crippen molar-refractivity contribution in [2.75, 3.05) is 6.54 Å². The average molecular weight is 327 g/mol. The molecule has 0 saturated heterocycles. The lowest BCUT2D eigenvalue weighted by Crippen LogP contribution is -2.60. The summed E-state index contributed by atoms with van der Waals surface area (Å²) in [5.74, 6) is 0.234. The predicted octanol–water partition coefficient (Wildman–Crippen LogP) is 2.86. The van der Waals surface area contributed by atoms with Gasteiger partial charge in [-0.05, 0) is 57.6 Å². The molecule has 2 aliphatic heterocycles. The fourth-order valence-corrected chi connectivity index (χ4v) is 3.53. The van der Waals surface area contributed by atoms with Crippen molar-refractivity contribution in [2.24, 2.45) is 4.99 Å². The summed E-state index contributed by atoms with van der Waals surface area (Å²) in [6.07, 6.45) is 13.7. The molecule has 1 N–H and O–H groups in total. The van der Waals surface area contributed by atoms with Crippen LogP contribution in [-0.4, -0.2) is 34.6 Å². The van der Waals surface area contributed by atoms with E-state index in [0.29, 0.717) is 12.4 Å². The van der Waals surface area contributed by atoms with Crippen LogP contribution in [0.1, 0.15) is 52.4 Å². The molecular formula is C19H25N3O2. The van der Waals surface area contributed by atoms with Crippen molar-refractivity contribution in [3.05, 3.63) is 35.6 Å². The van der Waals surface area contributed by atoms with E-state index in [1.165, 1.54) is 18.4 Å². The van der Waals surface area contributed by atoms with Crippen molar-refractivity contribution in [3.63, 3.8) is 0 Å². The Kier molecular flexibility index (Phi) is 4.69. The molecule has 0 saturated carbocycles. The van der Waals surface area contributed by atoms with Crippen LogP contribution in [0.25, 0.3) is 0 Å². The first kappa shape index (κ1) is 16.7. The third kappa shape index (κ3) is 3.21. The van der Waals surface area contributed by atoms with Gasteiger partial charge in [-0.3, -0.25) is 9.59 Å². The van der Waals surface area contributed by atoms with Crippen molar-refractivity contribution in [2.45, 2.75) is 57.9 Å². The van der Waals surface area contributed by atoms with Crippen LogP contribution in [0.4, 0.5) is 0 Å². The molecule has 0 aromatic carbocycles. The Balaban J connectivity index is 1.68. The maximum absolute atomic E-state index is 12.8. The number of carbonyl (C=O) groups excluding carboxylic acids is 2. The lowest BCUT2D eigenvalue weighted by molar-refractivity contribution is -0.134. The highest BCUT2D eigenvalue weighted by Gasteiger charge is 2.45. The molecule has 0 radical (unpaired) electrons. The lowest BCUT2D eigenvalue weighted by atomic mass is 9.90. The summed E-state index contributed by atoms with van der Waals surface area (Å²) in [7, 11) is 0. The Morgan fingerprint density at radius 3 is 3.00 bits per heavy atom. The Hall–Kier alpha value is -2.17. The van der Waals surface area contributed by atoms with Crippen molar-refractivity contribution >= 4 is 17.6 Å². The molecule has 0 aromatic heterocycles. The Morgan fingerprint density at radius 1 is 1.42 bits per heavy atom. The van der Waals surface area contributed by atoms with Gasteiger partial charge in [-0.25, -0.2) is 0 Å². The highest BCUT2D eigenvalue weighted by atomic mass is 16.2. The summed E-state index contributed by atoms with van der Waals surface area (Å²) in [6.45, 7) is 4.34. The highest BCUT2D eigenvalue weighted by Crippen LogP contribution is 2.30. The van der Waals surface area contributed by atoms with Crippen molar-refractivity contribution in [1.29, 1.82) is 0 Å². The lowest BCUT2D eigenvalue weighted by Gasteiger charge is -2.42. The fourth-order valence-electron chi connectivity index (χ4n) is 3.53. The number of carbonyl (C=O) groups is 2. The minimum atomic E-state index is -0.916. The van der Waals surface area contributed by atoms with Gasteiger partial charge in [0.25, 0.3) is 5.91 Å². The van der Waals surface area contributed by atoms with E-state index in [4.69, 9.17) is 0 Å². The summed E-state index contributed by atoms with van der Waals surface area (Å²) in [6, 6.07) is 0. The molecule has 2 heterocycles. The molecule has 1 aliphatic carbocycles. The number of allylic oxidation sites excluding steroid dienone is 3. The Labute approximate surface area is 143 Å². The minimum absolute atomic E-state index is 0.0999. The zero-order valence-electron chi connectivity index (χ0n) is 14.5. The molecule has 0 bridgehead atoms. The van der Waals surface area contributed by atoms with Gasteiger partial charge in [0, 0.05) is 12.7 Å². The molecule has 24 heavy (non-hydrogen) atoms. The second kappa shape index (κ2) is 6.75. The minimum Gasteiger partial charge on any atom is -0.354 e. The van der Waals surface area contributed by atoms with Crippen LogP contribution in [0.5, 0.6) is 0 Å². The highest BCUT2D eigenvalue weighted by molar-refractivity contribution is 6.11. The number of rotatable bonds is 4. The first-order valence-corrected chi connectivity index (χ1v) is 8.73. The van der Waals surface area contributed by atoms with E-state index in [9.17, 15) is 9.59 Å². The second-order valence-corrected chi connectivity index (χ2v) is 6.96. The number of nitrogens with one attached hydrogen (secondary N) is 1. The molecule has 2 amide bonds. The Bertz CT molecular complexity index is 672. The average Bonchev–Trinajstić information content (AvgIpc) is 2.57. The number of hydrogen-bond acceptors (Lipinski definition) is 3. The van der Waals surface area contributed by atoms with Crippen LogP contribution in [0.3, 0.4) is 0 Å². The molecule has 128 valence electrons. The van der Waals surface area contributed by atoms with E-state index in [2.05, 4.69) is 16.4 Å². The molecule has 1 atom stereocenters. The maximum Gasteiger partial charge on any atom is 0.250 e. The molecule has 3 rings (SSSR count). The van der Waals surface area contributed by atoms with Crippen molar-refractivity contribution < 1.29 is 9.59 Å². The van der Waals surface area contributed by atoms with Crippen LogP contribution >= 0.6 is 0 Å². The molecule has 3 aliphatic rings. The van der Waals surface area contributed by atoms with E-state index in [1.54, 1.807) is 0 Å².